The molecule has 1 atom stereocenters. The Kier molecular flexibility index (Phi) is 5.59. The van der Waals surface area contributed by atoms with E-state index in [1.807, 2.05) is 0 Å². The van der Waals surface area contributed by atoms with E-state index in [4.69, 9.17) is 4.74 Å². The van der Waals surface area contributed by atoms with Gasteiger partial charge in [-0.2, -0.15) is 22.8 Å². The van der Waals surface area contributed by atoms with Gasteiger partial charge in [-0.15, -0.1) is 0 Å². The molecule has 1 N–H and O–H groups in total. The summed E-state index contributed by atoms with van der Waals surface area (Å²) in [5, 5.41) is 10.8. The Balaban J connectivity index is 1.97. The van der Waals surface area contributed by atoms with Crippen LogP contribution in [0, 0.1) is 0 Å². The third kappa shape index (κ3) is 4.10. The second kappa shape index (κ2) is 7.64. The Morgan fingerprint density at radius 2 is 2.23 bits per heavy atom. The number of amides is 1. The molecular formula is C13H17N5O3S. The fourth-order valence-electron chi connectivity index (χ4n) is 1.75. The van der Waals surface area contributed by atoms with Crippen molar-refractivity contribution in [3.05, 3.63) is 36.4 Å². The van der Waals surface area contributed by atoms with Crippen LogP contribution in [0.5, 0.6) is 0 Å². The maximum absolute atomic E-state index is 12.1. The summed E-state index contributed by atoms with van der Waals surface area (Å²) in [6, 6.07) is 2.57. The minimum atomic E-state index is -0.799. The Morgan fingerprint density at radius 1 is 1.41 bits per heavy atom. The van der Waals surface area contributed by atoms with Crippen LogP contribution < -0.4 is 5.32 Å². The van der Waals surface area contributed by atoms with Crippen LogP contribution in [0.3, 0.4) is 0 Å². The van der Waals surface area contributed by atoms with Crippen LogP contribution in [0.4, 0.5) is 0 Å². The number of esters is 1. The van der Waals surface area contributed by atoms with Crippen molar-refractivity contribution in [1.82, 2.24) is 24.9 Å². The minimum Gasteiger partial charge on any atom is -0.464 e. The van der Waals surface area contributed by atoms with Gasteiger partial charge in [-0.1, -0.05) is 0 Å². The zero-order valence-electron chi connectivity index (χ0n) is 12.0. The summed E-state index contributed by atoms with van der Waals surface area (Å²) < 4.78 is 8.11. The summed E-state index contributed by atoms with van der Waals surface area (Å²) >= 11 is 4.05. The van der Waals surface area contributed by atoms with E-state index < -0.39 is 17.9 Å². The summed E-state index contributed by atoms with van der Waals surface area (Å²) in [5.74, 6) is -0.813. The number of hydrogen-bond donors (Lipinski definition) is 2. The molecular weight excluding hydrogens is 306 g/mol. The van der Waals surface area contributed by atoms with E-state index in [0.717, 1.165) is 0 Å². The Morgan fingerprint density at radius 3 is 2.86 bits per heavy atom. The number of carbonyl (C=O) groups is 2. The van der Waals surface area contributed by atoms with E-state index in [0.29, 0.717) is 6.67 Å². The van der Waals surface area contributed by atoms with Crippen molar-refractivity contribution in [3.8, 4) is 0 Å². The molecule has 0 saturated carbocycles. The first-order valence-electron chi connectivity index (χ1n) is 6.73. The molecule has 0 spiro atoms. The molecule has 0 aliphatic rings. The van der Waals surface area contributed by atoms with Gasteiger partial charge in [0.2, 0.25) is 0 Å². The first-order valence-corrected chi connectivity index (χ1v) is 7.36. The first-order chi connectivity index (χ1) is 10.6. The van der Waals surface area contributed by atoms with E-state index in [-0.39, 0.29) is 18.1 Å². The fourth-order valence-corrected chi connectivity index (χ4v) is 1.99. The van der Waals surface area contributed by atoms with Gasteiger partial charge in [-0.3, -0.25) is 14.2 Å². The van der Waals surface area contributed by atoms with Crippen LogP contribution in [0.15, 0.2) is 30.7 Å². The molecule has 2 rings (SSSR count). The normalized spacial score (nSPS) is 11.9. The molecule has 0 aliphatic carbocycles. The summed E-state index contributed by atoms with van der Waals surface area (Å²) in [6.45, 7) is 2.35. The summed E-state index contributed by atoms with van der Waals surface area (Å²) in [5.41, 5.74) is 0.211. The predicted molar refractivity (Wildman–Crippen MR) is 81.6 cm³/mol. The molecule has 0 unspecified atom stereocenters. The lowest BCUT2D eigenvalue weighted by Crippen LogP contribution is -2.43. The number of ether oxygens (including phenoxy) is 1. The van der Waals surface area contributed by atoms with Crippen molar-refractivity contribution in [3.63, 3.8) is 0 Å². The van der Waals surface area contributed by atoms with Gasteiger partial charge in [0, 0.05) is 24.3 Å². The molecule has 2 heterocycles. The summed E-state index contributed by atoms with van der Waals surface area (Å²) in [6.07, 6.45) is 5.11. The zero-order chi connectivity index (χ0) is 15.9. The van der Waals surface area contributed by atoms with E-state index in [1.54, 1.807) is 47.0 Å². The molecule has 2 aromatic rings. The minimum absolute atomic E-state index is 0.151. The van der Waals surface area contributed by atoms with Crippen LogP contribution in [0.25, 0.3) is 0 Å². The van der Waals surface area contributed by atoms with Crippen molar-refractivity contribution in [1.29, 1.82) is 0 Å². The Hall–Kier alpha value is -2.29. The highest BCUT2D eigenvalue weighted by molar-refractivity contribution is 7.80. The molecule has 22 heavy (non-hydrogen) atoms. The highest BCUT2D eigenvalue weighted by Crippen LogP contribution is 2.00. The highest BCUT2D eigenvalue weighted by Gasteiger charge is 2.22. The van der Waals surface area contributed by atoms with Crippen LogP contribution in [-0.4, -0.2) is 49.8 Å². The topological polar surface area (TPSA) is 91.0 Å². The quantitative estimate of drug-likeness (QED) is 0.560. The lowest BCUT2D eigenvalue weighted by molar-refractivity contribution is -0.144. The maximum Gasteiger partial charge on any atom is 0.329 e. The number of nitrogens with zero attached hydrogens (tertiary/aromatic N) is 4. The Bertz CT molecular complexity index is 625. The molecule has 1 amide bonds. The molecule has 9 heteroatoms. The highest BCUT2D eigenvalue weighted by atomic mass is 32.1. The second-order valence-corrected chi connectivity index (χ2v) is 4.75. The average Bonchev–Trinajstić information content (AvgIpc) is 3.17. The van der Waals surface area contributed by atoms with Crippen molar-refractivity contribution >= 4 is 24.5 Å². The third-order valence-electron chi connectivity index (χ3n) is 2.78. The van der Waals surface area contributed by atoms with Crippen molar-refractivity contribution in [2.24, 2.45) is 0 Å². The van der Waals surface area contributed by atoms with Crippen LogP contribution in [-0.2, 0) is 16.2 Å². The molecule has 0 aromatic carbocycles. The van der Waals surface area contributed by atoms with Gasteiger partial charge in [-0.05, 0) is 19.1 Å². The molecule has 0 fully saturated rings. The van der Waals surface area contributed by atoms with Gasteiger partial charge in [-0.25, -0.2) is 4.79 Å². The standard InChI is InChI=1S/C13H17N5O3S/c1-2-21-13(20)11(8-22)15-12(19)10-4-7-18(16-10)9-17-6-3-5-14-17/h3-7,11,22H,2,8-9H2,1H3,(H,15,19)/t11-/m0/s1. The summed E-state index contributed by atoms with van der Waals surface area (Å²) in [4.78, 5) is 23.7. The van der Waals surface area contributed by atoms with Gasteiger partial charge < -0.3 is 10.1 Å². The molecule has 0 bridgehead atoms. The maximum atomic E-state index is 12.1. The van der Waals surface area contributed by atoms with E-state index in [2.05, 4.69) is 28.1 Å². The lowest BCUT2D eigenvalue weighted by Gasteiger charge is -2.14. The first kappa shape index (κ1) is 16.1. The monoisotopic (exact) mass is 323 g/mol. The molecule has 2 aromatic heterocycles. The second-order valence-electron chi connectivity index (χ2n) is 4.39. The van der Waals surface area contributed by atoms with Gasteiger partial charge >= 0.3 is 5.97 Å². The number of aromatic nitrogens is 4. The summed E-state index contributed by atoms with van der Waals surface area (Å²) in [7, 11) is 0. The number of rotatable bonds is 7. The average molecular weight is 323 g/mol. The molecule has 0 radical (unpaired) electrons. The lowest BCUT2D eigenvalue weighted by atomic mass is 10.3. The van der Waals surface area contributed by atoms with Crippen LogP contribution in [0.1, 0.15) is 17.4 Å². The largest absolute Gasteiger partial charge is 0.464 e. The predicted octanol–water partition coefficient (Wildman–Crippen LogP) is 0.177. The zero-order valence-corrected chi connectivity index (χ0v) is 12.9. The van der Waals surface area contributed by atoms with E-state index >= 15 is 0 Å². The van der Waals surface area contributed by atoms with Crippen molar-refractivity contribution in [2.75, 3.05) is 12.4 Å². The molecule has 118 valence electrons. The van der Waals surface area contributed by atoms with E-state index in [9.17, 15) is 9.59 Å². The molecule has 8 nitrogen and oxygen atoms in total. The number of carbonyl (C=O) groups excluding carboxylic acids is 2. The van der Waals surface area contributed by atoms with Crippen molar-refractivity contribution < 1.29 is 14.3 Å². The van der Waals surface area contributed by atoms with Gasteiger partial charge in [0.15, 0.2) is 0 Å². The Labute approximate surface area is 132 Å². The van der Waals surface area contributed by atoms with Gasteiger partial charge in [0.25, 0.3) is 5.91 Å². The third-order valence-corrected chi connectivity index (χ3v) is 3.15. The van der Waals surface area contributed by atoms with Crippen LogP contribution >= 0.6 is 12.6 Å². The number of nitrogens with one attached hydrogen (secondary N) is 1. The van der Waals surface area contributed by atoms with Gasteiger partial charge in [0.1, 0.15) is 18.4 Å². The van der Waals surface area contributed by atoms with Gasteiger partial charge in [0.05, 0.1) is 6.61 Å². The fraction of sp³-hybridized carbons (Fsp3) is 0.385. The molecule has 0 saturated heterocycles. The smallest absolute Gasteiger partial charge is 0.329 e. The number of hydrogen-bond acceptors (Lipinski definition) is 6. The van der Waals surface area contributed by atoms with Crippen LogP contribution in [0.2, 0.25) is 0 Å². The van der Waals surface area contributed by atoms with E-state index in [1.165, 1.54) is 0 Å². The SMILES string of the molecule is CCOC(=O)[C@H](CS)NC(=O)c1ccn(Cn2cccn2)n1. The van der Waals surface area contributed by atoms with Crippen molar-refractivity contribution in [2.45, 2.75) is 19.6 Å². The number of thiol groups is 1. The molecule has 0 aliphatic heterocycles.